The molecule has 19 heavy (non-hydrogen) atoms. The molecule has 0 aliphatic heterocycles. The second-order valence-corrected chi connectivity index (χ2v) is 4.24. The van der Waals surface area contributed by atoms with E-state index in [2.05, 4.69) is 11.2 Å². The first kappa shape index (κ1) is 13.1. The average molecular weight is 271 g/mol. The zero-order valence-electron chi connectivity index (χ0n) is 10.1. The van der Waals surface area contributed by atoms with Crippen LogP contribution < -0.4 is 0 Å². The van der Waals surface area contributed by atoms with Gasteiger partial charge in [0.15, 0.2) is 0 Å². The fourth-order valence-corrected chi connectivity index (χ4v) is 1.65. The van der Waals surface area contributed by atoms with Gasteiger partial charge < -0.3 is 4.84 Å². The molecule has 94 valence electrons. The van der Waals surface area contributed by atoms with Gasteiger partial charge in [-0.05, 0) is 23.8 Å². The molecule has 0 amide bonds. The Labute approximate surface area is 116 Å². The summed E-state index contributed by atoms with van der Waals surface area (Å²) in [7, 11) is 0. The molecule has 2 aromatic carbocycles. The van der Waals surface area contributed by atoms with Crippen molar-refractivity contribution in [3.63, 3.8) is 0 Å². The van der Waals surface area contributed by atoms with Crippen LogP contribution in [0.1, 0.15) is 16.7 Å². The zero-order chi connectivity index (χ0) is 13.5. The normalized spacial score (nSPS) is 10.3. The summed E-state index contributed by atoms with van der Waals surface area (Å²) in [6.07, 6.45) is 1.60. The average Bonchev–Trinajstić information content (AvgIpc) is 2.46. The third-order valence-corrected chi connectivity index (χ3v) is 2.86. The molecule has 4 heteroatoms. The number of oxime groups is 1. The smallest absolute Gasteiger partial charge is 0.143 e. The molecule has 0 aromatic heterocycles. The van der Waals surface area contributed by atoms with Gasteiger partial charge in [0.05, 0.1) is 17.8 Å². The van der Waals surface area contributed by atoms with Gasteiger partial charge in [-0.2, -0.15) is 5.26 Å². The number of benzene rings is 2. The maximum absolute atomic E-state index is 8.67. The molecular weight excluding hydrogens is 260 g/mol. The summed E-state index contributed by atoms with van der Waals surface area (Å²) in [5.41, 5.74) is 2.38. The van der Waals surface area contributed by atoms with Gasteiger partial charge in [-0.25, -0.2) is 0 Å². The summed E-state index contributed by atoms with van der Waals surface area (Å²) in [5, 5.41) is 13.2. The quantitative estimate of drug-likeness (QED) is 0.627. The van der Waals surface area contributed by atoms with Crippen LogP contribution in [0.3, 0.4) is 0 Å². The van der Waals surface area contributed by atoms with Gasteiger partial charge >= 0.3 is 0 Å². The van der Waals surface area contributed by atoms with E-state index < -0.39 is 0 Å². The van der Waals surface area contributed by atoms with Crippen molar-refractivity contribution in [2.45, 2.75) is 6.61 Å². The van der Waals surface area contributed by atoms with E-state index in [1.807, 2.05) is 24.3 Å². The fourth-order valence-electron chi connectivity index (χ4n) is 1.46. The van der Waals surface area contributed by atoms with Crippen LogP contribution in [-0.2, 0) is 11.4 Å². The third-order valence-electron chi connectivity index (χ3n) is 2.49. The fraction of sp³-hybridized carbons (Fsp3) is 0.0667. The van der Waals surface area contributed by atoms with Crippen molar-refractivity contribution in [3.8, 4) is 6.07 Å². The van der Waals surface area contributed by atoms with Crippen LogP contribution in [0.5, 0.6) is 0 Å². The van der Waals surface area contributed by atoms with E-state index >= 15 is 0 Å². The lowest BCUT2D eigenvalue weighted by molar-refractivity contribution is 0.132. The molecule has 3 nitrogen and oxygen atoms in total. The summed E-state index contributed by atoms with van der Waals surface area (Å²) in [5.74, 6) is 0. The molecule has 0 heterocycles. The van der Waals surface area contributed by atoms with E-state index in [-0.39, 0.29) is 0 Å². The Morgan fingerprint density at radius 3 is 2.58 bits per heavy atom. The summed E-state index contributed by atoms with van der Waals surface area (Å²) in [4.78, 5) is 5.18. The molecule has 0 aliphatic rings. The van der Waals surface area contributed by atoms with E-state index in [1.165, 1.54) is 0 Å². The molecule has 2 rings (SSSR count). The molecule has 2 aromatic rings. The molecule has 0 radical (unpaired) electrons. The Morgan fingerprint density at radius 1 is 1.16 bits per heavy atom. The molecule has 0 saturated carbocycles. The van der Waals surface area contributed by atoms with Crippen LogP contribution in [0.25, 0.3) is 0 Å². The van der Waals surface area contributed by atoms with Gasteiger partial charge in [0, 0.05) is 10.6 Å². The minimum atomic E-state index is 0.326. The first-order chi connectivity index (χ1) is 9.29. The Bertz CT molecular complexity index is 615. The lowest BCUT2D eigenvalue weighted by Gasteiger charge is -2.01. The molecule has 0 saturated heterocycles. The largest absolute Gasteiger partial charge is 0.391 e. The maximum atomic E-state index is 8.67. The van der Waals surface area contributed by atoms with Crippen molar-refractivity contribution in [1.29, 1.82) is 5.26 Å². The number of nitriles is 1. The van der Waals surface area contributed by atoms with Gasteiger partial charge in [0.25, 0.3) is 0 Å². The van der Waals surface area contributed by atoms with Crippen LogP contribution >= 0.6 is 11.6 Å². The SMILES string of the molecule is N#Cc1ccc(C=NOCc2ccccc2Cl)cc1. The molecule has 0 atom stereocenters. The van der Waals surface area contributed by atoms with Crippen molar-refractivity contribution >= 4 is 17.8 Å². The van der Waals surface area contributed by atoms with Crippen LogP contribution in [0.4, 0.5) is 0 Å². The highest BCUT2D eigenvalue weighted by Crippen LogP contribution is 2.15. The number of hydrogen-bond acceptors (Lipinski definition) is 3. The van der Waals surface area contributed by atoms with Crippen molar-refractivity contribution in [2.24, 2.45) is 5.16 Å². The Balaban J connectivity index is 1.90. The highest BCUT2D eigenvalue weighted by atomic mass is 35.5. The highest BCUT2D eigenvalue weighted by Gasteiger charge is 1.97. The van der Waals surface area contributed by atoms with Crippen molar-refractivity contribution in [2.75, 3.05) is 0 Å². The maximum Gasteiger partial charge on any atom is 0.143 e. The molecule has 0 unspecified atom stereocenters. The summed E-state index contributed by atoms with van der Waals surface area (Å²) >= 11 is 5.99. The van der Waals surface area contributed by atoms with Gasteiger partial charge in [0.1, 0.15) is 6.61 Å². The lowest BCUT2D eigenvalue weighted by atomic mass is 10.2. The van der Waals surface area contributed by atoms with Crippen LogP contribution in [0.2, 0.25) is 5.02 Å². The van der Waals surface area contributed by atoms with E-state index in [4.69, 9.17) is 21.7 Å². The Morgan fingerprint density at radius 2 is 1.89 bits per heavy atom. The molecule has 0 spiro atoms. The predicted molar refractivity (Wildman–Crippen MR) is 75.0 cm³/mol. The Hall–Kier alpha value is -2.31. The van der Waals surface area contributed by atoms with E-state index in [0.29, 0.717) is 17.2 Å². The number of rotatable bonds is 4. The molecule has 0 fully saturated rings. The second-order valence-electron chi connectivity index (χ2n) is 3.83. The molecular formula is C15H11ClN2O. The van der Waals surface area contributed by atoms with Gasteiger partial charge in [0.2, 0.25) is 0 Å². The van der Waals surface area contributed by atoms with Crippen molar-refractivity contribution < 1.29 is 4.84 Å². The topological polar surface area (TPSA) is 45.4 Å². The predicted octanol–water partition coefficient (Wildman–Crippen LogP) is 3.76. The molecule has 0 bridgehead atoms. The summed E-state index contributed by atoms with van der Waals surface area (Å²) in [6.45, 7) is 0.326. The monoisotopic (exact) mass is 270 g/mol. The summed E-state index contributed by atoms with van der Waals surface area (Å²) < 4.78 is 0. The van der Waals surface area contributed by atoms with E-state index in [0.717, 1.165) is 11.1 Å². The standard InChI is InChI=1S/C15H11ClN2O/c16-15-4-2-1-3-14(15)11-19-18-10-13-7-5-12(9-17)6-8-13/h1-8,10H,11H2. The first-order valence-electron chi connectivity index (χ1n) is 5.68. The van der Waals surface area contributed by atoms with Crippen LogP contribution in [0.15, 0.2) is 53.7 Å². The van der Waals surface area contributed by atoms with Crippen LogP contribution in [-0.4, -0.2) is 6.21 Å². The third kappa shape index (κ3) is 3.84. The summed E-state index contributed by atoms with van der Waals surface area (Å²) in [6, 6.07) is 16.6. The number of hydrogen-bond donors (Lipinski definition) is 0. The van der Waals surface area contributed by atoms with Crippen LogP contribution in [0, 0.1) is 11.3 Å². The van der Waals surface area contributed by atoms with E-state index in [1.54, 1.807) is 30.5 Å². The zero-order valence-corrected chi connectivity index (χ0v) is 10.8. The van der Waals surface area contributed by atoms with Crippen molar-refractivity contribution in [1.82, 2.24) is 0 Å². The minimum Gasteiger partial charge on any atom is -0.391 e. The van der Waals surface area contributed by atoms with Crippen molar-refractivity contribution in [3.05, 3.63) is 70.2 Å². The van der Waals surface area contributed by atoms with Gasteiger partial charge in [-0.15, -0.1) is 0 Å². The Kier molecular flexibility index (Phi) is 4.54. The highest BCUT2D eigenvalue weighted by molar-refractivity contribution is 6.31. The van der Waals surface area contributed by atoms with E-state index in [9.17, 15) is 0 Å². The second kappa shape index (κ2) is 6.58. The number of nitrogens with zero attached hydrogens (tertiary/aromatic N) is 2. The van der Waals surface area contributed by atoms with Gasteiger partial charge in [-0.1, -0.05) is 47.1 Å². The lowest BCUT2D eigenvalue weighted by Crippen LogP contribution is -1.89. The number of halogens is 1. The molecule has 0 N–H and O–H groups in total. The van der Waals surface area contributed by atoms with Gasteiger partial charge in [-0.3, -0.25) is 0 Å². The first-order valence-corrected chi connectivity index (χ1v) is 6.06. The molecule has 0 aliphatic carbocycles. The minimum absolute atomic E-state index is 0.326.